The molecule has 7 atom stereocenters. The summed E-state index contributed by atoms with van der Waals surface area (Å²) in [6.45, 7) is 10.2. The Morgan fingerprint density at radius 3 is 2.64 bits per heavy atom. The summed E-state index contributed by atoms with van der Waals surface area (Å²) < 4.78 is 0. The van der Waals surface area contributed by atoms with Gasteiger partial charge in [-0.15, -0.1) is 0 Å². The zero-order valence-electron chi connectivity index (χ0n) is 19.0. The van der Waals surface area contributed by atoms with Crippen molar-refractivity contribution in [3.8, 4) is 0 Å². The molecule has 0 aromatic heterocycles. The first-order valence-corrected chi connectivity index (χ1v) is 12.4. The summed E-state index contributed by atoms with van der Waals surface area (Å²) in [6, 6.07) is 0. The van der Waals surface area contributed by atoms with E-state index in [0.29, 0.717) is 29.3 Å². The highest BCUT2D eigenvalue weighted by atomic mass is 16.3. The van der Waals surface area contributed by atoms with Gasteiger partial charge >= 0.3 is 0 Å². The average molecular weight is 385 g/mol. The van der Waals surface area contributed by atoms with E-state index in [1.54, 1.807) is 0 Å². The van der Waals surface area contributed by atoms with Crippen LogP contribution in [0.2, 0.25) is 0 Å². The van der Waals surface area contributed by atoms with Crippen molar-refractivity contribution < 1.29 is 5.11 Å². The molecule has 4 rings (SSSR count). The monoisotopic (exact) mass is 384 g/mol. The second kappa shape index (κ2) is 7.93. The largest absolute Gasteiger partial charge is 0.396 e. The smallest absolute Gasteiger partial charge is 0.0459 e. The number of aliphatic hydroxyl groups is 1. The van der Waals surface area contributed by atoms with Gasteiger partial charge in [0.2, 0.25) is 0 Å². The number of rotatable bonds is 5. The third kappa shape index (κ3) is 3.34. The highest BCUT2D eigenvalue weighted by Crippen LogP contribution is 2.65. The minimum absolute atomic E-state index is 0.304. The second-order valence-corrected chi connectivity index (χ2v) is 11.5. The molecule has 0 aromatic carbocycles. The van der Waals surface area contributed by atoms with Gasteiger partial charge in [-0.05, 0) is 98.2 Å². The topological polar surface area (TPSA) is 20.2 Å². The summed E-state index contributed by atoms with van der Waals surface area (Å²) in [5.74, 6) is 3.75. The van der Waals surface area contributed by atoms with E-state index >= 15 is 0 Å². The van der Waals surface area contributed by atoms with Gasteiger partial charge in [0.1, 0.15) is 0 Å². The Bertz CT molecular complexity index is 630. The summed E-state index contributed by atoms with van der Waals surface area (Å²) >= 11 is 0. The molecular formula is C27H44O. The Balaban J connectivity index is 1.53. The van der Waals surface area contributed by atoms with E-state index < -0.39 is 0 Å². The van der Waals surface area contributed by atoms with Crippen LogP contribution in [0.25, 0.3) is 0 Å². The zero-order chi connectivity index (χ0) is 19.9. The van der Waals surface area contributed by atoms with Crippen LogP contribution in [0.1, 0.15) is 98.3 Å². The van der Waals surface area contributed by atoms with Gasteiger partial charge in [-0.1, -0.05) is 63.8 Å². The van der Waals surface area contributed by atoms with Gasteiger partial charge in [0.15, 0.2) is 0 Å². The molecule has 0 bridgehead atoms. The number of fused-ring (bicyclic) bond motifs is 4. The summed E-state index contributed by atoms with van der Waals surface area (Å²) in [7, 11) is 0. The lowest BCUT2D eigenvalue weighted by Crippen LogP contribution is -2.43. The van der Waals surface area contributed by atoms with E-state index in [0.717, 1.165) is 24.2 Å². The van der Waals surface area contributed by atoms with E-state index in [1.807, 2.05) is 11.1 Å². The third-order valence-electron chi connectivity index (χ3n) is 9.91. The molecule has 2 fully saturated rings. The fourth-order valence-corrected chi connectivity index (χ4v) is 8.13. The average Bonchev–Trinajstić information content (AvgIpc) is 3.04. The molecule has 28 heavy (non-hydrogen) atoms. The fraction of sp³-hybridized carbons (Fsp3) is 0.852. The Morgan fingerprint density at radius 2 is 1.86 bits per heavy atom. The maximum Gasteiger partial charge on any atom is 0.0459 e. The van der Waals surface area contributed by atoms with Crippen LogP contribution in [0.3, 0.4) is 0 Å². The van der Waals surface area contributed by atoms with Crippen molar-refractivity contribution in [1.29, 1.82) is 0 Å². The zero-order valence-corrected chi connectivity index (χ0v) is 19.0. The summed E-state index contributed by atoms with van der Waals surface area (Å²) in [4.78, 5) is 0. The normalized spacial score (nSPS) is 42.8. The minimum atomic E-state index is 0.304. The predicted octanol–water partition coefficient (Wildman–Crippen LogP) is 7.31. The number of allylic oxidation sites excluding steroid dienone is 4. The molecule has 4 aliphatic carbocycles. The van der Waals surface area contributed by atoms with E-state index in [9.17, 15) is 5.11 Å². The van der Waals surface area contributed by atoms with Gasteiger partial charge in [0.05, 0.1) is 0 Å². The summed E-state index contributed by atoms with van der Waals surface area (Å²) in [5.41, 5.74) is 4.97. The van der Waals surface area contributed by atoms with Gasteiger partial charge in [-0.2, -0.15) is 0 Å². The summed E-state index contributed by atoms with van der Waals surface area (Å²) in [5, 5.41) is 9.28. The first kappa shape index (κ1) is 20.7. The standard InChI is InChI=1S/C27H44O/c1-19(18-28)8-7-9-20(2)23-13-14-24-22-12-11-21-10-5-6-16-26(21,3)25(22)15-17-27(23,24)4/h7,9,19-21,23-24,28H,5-6,8,10-18H2,1-4H3/t19?,20-,21?,23-,24+,26+,27-/m1/s1. The van der Waals surface area contributed by atoms with E-state index in [4.69, 9.17) is 0 Å². The number of hydrogen-bond acceptors (Lipinski definition) is 1. The molecular weight excluding hydrogens is 340 g/mol. The van der Waals surface area contributed by atoms with Crippen LogP contribution in [-0.4, -0.2) is 11.7 Å². The van der Waals surface area contributed by atoms with Crippen LogP contribution in [0, 0.1) is 40.4 Å². The van der Waals surface area contributed by atoms with Crippen molar-refractivity contribution in [1.82, 2.24) is 0 Å². The van der Waals surface area contributed by atoms with Crippen molar-refractivity contribution in [2.75, 3.05) is 6.61 Å². The van der Waals surface area contributed by atoms with Crippen molar-refractivity contribution in [2.45, 2.75) is 98.3 Å². The molecule has 0 spiro atoms. The Labute approximate surface area is 174 Å². The Morgan fingerprint density at radius 1 is 1.04 bits per heavy atom. The first-order valence-electron chi connectivity index (χ1n) is 12.4. The van der Waals surface area contributed by atoms with Gasteiger partial charge in [0.25, 0.3) is 0 Å². The van der Waals surface area contributed by atoms with Gasteiger partial charge in [-0.25, -0.2) is 0 Å². The lowest BCUT2D eigenvalue weighted by molar-refractivity contribution is 0.0747. The fourth-order valence-electron chi connectivity index (χ4n) is 8.13. The van der Waals surface area contributed by atoms with Crippen molar-refractivity contribution in [3.63, 3.8) is 0 Å². The summed E-state index contributed by atoms with van der Waals surface area (Å²) in [6.07, 6.45) is 20.3. The van der Waals surface area contributed by atoms with Crippen molar-refractivity contribution in [2.24, 2.45) is 40.4 Å². The van der Waals surface area contributed by atoms with Crippen molar-refractivity contribution >= 4 is 0 Å². The van der Waals surface area contributed by atoms with Gasteiger partial charge < -0.3 is 5.11 Å². The number of hydrogen-bond donors (Lipinski definition) is 1. The molecule has 1 nitrogen and oxygen atoms in total. The van der Waals surface area contributed by atoms with Crippen LogP contribution in [0.5, 0.6) is 0 Å². The third-order valence-corrected chi connectivity index (χ3v) is 9.91. The molecule has 0 saturated heterocycles. The lowest BCUT2D eigenvalue weighted by Gasteiger charge is -2.54. The molecule has 2 unspecified atom stereocenters. The molecule has 1 heteroatoms. The SMILES string of the molecule is CC(CO)CC=C[C@@H](C)[C@H]1CC[C@H]2C3=C(CC[C@]12C)[C@@]1(C)CCCCC1CC3. The van der Waals surface area contributed by atoms with E-state index in [1.165, 1.54) is 64.2 Å². The van der Waals surface area contributed by atoms with E-state index in [2.05, 4.69) is 39.8 Å². The number of aliphatic hydroxyl groups excluding tert-OH is 1. The molecule has 158 valence electrons. The molecule has 1 N–H and O–H groups in total. The van der Waals surface area contributed by atoms with Crippen LogP contribution in [-0.2, 0) is 0 Å². The van der Waals surface area contributed by atoms with Crippen LogP contribution in [0.4, 0.5) is 0 Å². The lowest BCUT2D eigenvalue weighted by atomic mass is 9.51. The molecule has 0 radical (unpaired) electrons. The highest BCUT2D eigenvalue weighted by Gasteiger charge is 2.55. The maximum absolute atomic E-state index is 9.28. The molecule has 0 amide bonds. The molecule has 0 heterocycles. The van der Waals surface area contributed by atoms with Gasteiger partial charge in [0, 0.05) is 6.61 Å². The van der Waals surface area contributed by atoms with Crippen LogP contribution >= 0.6 is 0 Å². The quantitative estimate of drug-likeness (QED) is 0.493. The molecule has 0 aromatic rings. The molecule has 0 aliphatic heterocycles. The second-order valence-electron chi connectivity index (χ2n) is 11.5. The predicted molar refractivity (Wildman–Crippen MR) is 119 cm³/mol. The Hall–Kier alpha value is -0.560. The molecule has 2 saturated carbocycles. The van der Waals surface area contributed by atoms with Crippen LogP contribution in [0.15, 0.2) is 23.3 Å². The van der Waals surface area contributed by atoms with Crippen LogP contribution < -0.4 is 0 Å². The van der Waals surface area contributed by atoms with Crippen molar-refractivity contribution in [3.05, 3.63) is 23.3 Å². The van der Waals surface area contributed by atoms with E-state index in [-0.39, 0.29) is 0 Å². The van der Waals surface area contributed by atoms with Gasteiger partial charge in [-0.3, -0.25) is 0 Å². The minimum Gasteiger partial charge on any atom is -0.396 e. The molecule has 4 aliphatic rings. The first-order chi connectivity index (χ1) is 13.4. The highest BCUT2D eigenvalue weighted by molar-refractivity contribution is 5.34. The Kier molecular flexibility index (Phi) is 5.87. The maximum atomic E-state index is 9.28.